The summed E-state index contributed by atoms with van der Waals surface area (Å²) in [6.45, 7) is 6.67. The number of ether oxygens (including phenoxy) is 1. The van der Waals surface area contributed by atoms with E-state index in [1.807, 2.05) is 50.2 Å². The summed E-state index contributed by atoms with van der Waals surface area (Å²) in [4.78, 5) is 24.0. The predicted octanol–water partition coefficient (Wildman–Crippen LogP) is 4.72. The minimum absolute atomic E-state index is 0.307. The van der Waals surface area contributed by atoms with E-state index < -0.39 is 5.91 Å². The molecule has 0 aliphatic carbocycles. The summed E-state index contributed by atoms with van der Waals surface area (Å²) in [7, 11) is 0. The number of aryl methyl sites for hydroxylation is 2. The lowest BCUT2D eigenvalue weighted by atomic mass is 10.1. The lowest BCUT2D eigenvalue weighted by Crippen LogP contribution is -2.24. The Labute approximate surface area is 179 Å². The summed E-state index contributed by atoms with van der Waals surface area (Å²) in [5.74, 6) is -0.106. The van der Waals surface area contributed by atoms with Crippen LogP contribution in [0.5, 0.6) is 5.75 Å². The molecule has 2 amide bonds. The third-order valence-corrected chi connectivity index (χ3v) is 4.71. The molecule has 2 aromatic carbocycles. The second-order valence-corrected chi connectivity index (χ2v) is 7.58. The van der Waals surface area contributed by atoms with E-state index in [2.05, 4.69) is 38.7 Å². The van der Waals surface area contributed by atoms with Crippen LogP contribution in [-0.2, 0) is 9.59 Å². The second kappa shape index (κ2) is 11.4. The van der Waals surface area contributed by atoms with Crippen molar-refractivity contribution in [2.45, 2.75) is 40.0 Å². The van der Waals surface area contributed by atoms with E-state index in [9.17, 15) is 9.59 Å². The van der Waals surface area contributed by atoms with Crippen LogP contribution in [0.3, 0.4) is 0 Å². The van der Waals surface area contributed by atoms with Crippen LogP contribution in [0.1, 0.15) is 42.9 Å². The molecule has 2 aromatic rings. The van der Waals surface area contributed by atoms with E-state index in [0.29, 0.717) is 12.3 Å². The molecule has 0 aliphatic heterocycles. The highest BCUT2D eigenvalue weighted by Gasteiger charge is 2.10. The van der Waals surface area contributed by atoms with Crippen molar-refractivity contribution >= 4 is 39.6 Å². The van der Waals surface area contributed by atoms with Crippen molar-refractivity contribution in [3.05, 3.63) is 57.6 Å². The van der Waals surface area contributed by atoms with Crippen LogP contribution < -0.4 is 15.5 Å². The van der Waals surface area contributed by atoms with Gasteiger partial charge in [-0.25, -0.2) is 5.43 Å². The maximum Gasteiger partial charge on any atom is 0.249 e. The Morgan fingerprint density at radius 1 is 1.14 bits per heavy atom. The number of benzene rings is 2. The van der Waals surface area contributed by atoms with Gasteiger partial charge in [0.15, 0.2) is 0 Å². The molecule has 0 heterocycles. The van der Waals surface area contributed by atoms with Crippen LogP contribution in [0.25, 0.3) is 0 Å². The predicted molar refractivity (Wildman–Crippen MR) is 119 cm³/mol. The molecule has 2 N–H and O–H groups in total. The second-order valence-electron chi connectivity index (χ2n) is 6.73. The Hall–Kier alpha value is -2.67. The zero-order chi connectivity index (χ0) is 21.2. The average Bonchev–Trinajstić information content (AvgIpc) is 2.66. The average molecular weight is 460 g/mol. The molecular formula is C22H26BrN3O3. The number of carbonyl (C=O) groups excluding carboxylic acids is 2. The summed E-state index contributed by atoms with van der Waals surface area (Å²) in [5, 5.41) is 6.65. The van der Waals surface area contributed by atoms with Gasteiger partial charge in [0, 0.05) is 5.69 Å². The minimum atomic E-state index is -0.484. The third-order valence-electron chi connectivity index (χ3n) is 4.09. The largest absolute Gasteiger partial charge is 0.492 e. The maximum absolute atomic E-state index is 12.0. The van der Waals surface area contributed by atoms with Gasteiger partial charge in [0.25, 0.3) is 0 Å². The molecule has 0 saturated carbocycles. The first-order valence-electron chi connectivity index (χ1n) is 9.50. The standard InChI is InChI=1S/C22H26BrN3O3/c1-4-5-10-29-20-9-7-17(12-18(20)23)14-24-26-22(28)13-21(27)25-19-8-6-15(2)11-16(19)3/h6-9,11-12,14H,4-5,10,13H2,1-3H3,(H,25,27)(H,26,28). The highest BCUT2D eigenvalue weighted by atomic mass is 79.9. The summed E-state index contributed by atoms with van der Waals surface area (Å²) >= 11 is 3.47. The molecule has 0 aromatic heterocycles. The van der Waals surface area contributed by atoms with Gasteiger partial charge in [-0.05, 0) is 71.6 Å². The monoisotopic (exact) mass is 459 g/mol. The first kappa shape index (κ1) is 22.6. The van der Waals surface area contributed by atoms with Crippen molar-refractivity contribution in [2.24, 2.45) is 5.10 Å². The van der Waals surface area contributed by atoms with E-state index in [-0.39, 0.29) is 12.3 Å². The zero-order valence-corrected chi connectivity index (χ0v) is 18.5. The van der Waals surface area contributed by atoms with Crippen LogP contribution in [-0.4, -0.2) is 24.6 Å². The lowest BCUT2D eigenvalue weighted by molar-refractivity contribution is -0.126. The molecule has 0 bridgehead atoms. The first-order chi connectivity index (χ1) is 13.9. The number of hydrogen-bond donors (Lipinski definition) is 2. The number of hydrogen-bond acceptors (Lipinski definition) is 4. The quantitative estimate of drug-likeness (QED) is 0.246. The molecule has 2 rings (SSSR count). The number of hydrazone groups is 1. The molecule has 7 heteroatoms. The van der Waals surface area contributed by atoms with Gasteiger partial charge in [-0.3, -0.25) is 9.59 Å². The number of amides is 2. The van der Waals surface area contributed by atoms with Crippen molar-refractivity contribution in [2.75, 3.05) is 11.9 Å². The molecule has 0 aliphatic rings. The summed E-state index contributed by atoms with van der Waals surface area (Å²) in [5.41, 5.74) is 5.92. The SMILES string of the molecule is CCCCOc1ccc(C=NNC(=O)CC(=O)Nc2ccc(C)cc2C)cc1Br. The van der Waals surface area contributed by atoms with Crippen molar-refractivity contribution in [1.82, 2.24) is 5.43 Å². The van der Waals surface area contributed by atoms with E-state index in [0.717, 1.165) is 39.8 Å². The van der Waals surface area contributed by atoms with Gasteiger partial charge in [-0.1, -0.05) is 31.0 Å². The minimum Gasteiger partial charge on any atom is -0.492 e. The van der Waals surface area contributed by atoms with Crippen LogP contribution in [0.2, 0.25) is 0 Å². The Bertz CT molecular complexity index is 897. The van der Waals surface area contributed by atoms with E-state index in [1.165, 1.54) is 6.21 Å². The number of unbranched alkanes of at least 4 members (excludes halogenated alkanes) is 1. The Kier molecular flexibility index (Phi) is 8.86. The summed E-state index contributed by atoms with van der Waals surface area (Å²) in [6.07, 6.45) is 3.28. The molecule has 0 atom stereocenters. The molecule has 0 radical (unpaired) electrons. The van der Waals surface area contributed by atoms with Crippen LogP contribution >= 0.6 is 15.9 Å². The topological polar surface area (TPSA) is 79.8 Å². The lowest BCUT2D eigenvalue weighted by Gasteiger charge is -2.09. The summed E-state index contributed by atoms with van der Waals surface area (Å²) in [6, 6.07) is 11.2. The third kappa shape index (κ3) is 7.69. The number of halogens is 1. The van der Waals surface area contributed by atoms with Crippen LogP contribution in [0, 0.1) is 13.8 Å². The molecule has 0 spiro atoms. The molecule has 0 fully saturated rings. The fourth-order valence-electron chi connectivity index (χ4n) is 2.55. The number of anilines is 1. The Balaban J connectivity index is 1.82. The number of nitrogens with one attached hydrogen (secondary N) is 2. The summed E-state index contributed by atoms with van der Waals surface area (Å²) < 4.78 is 6.49. The van der Waals surface area contributed by atoms with Gasteiger partial charge in [0.1, 0.15) is 12.2 Å². The smallest absolute Gasteiger partial charge is 0.249 e. The van der Waals surface area contributed by atoms with Crippen molar-refractivity contribution in [3.63, 3.8) is 0 Å². The van der Waals surface area contributed by atoms with E-state index in [4.69, 9.17) is 4.74 Å². The fraction of sp³-hybridized carbons (Fsp3) is 0.318. The van der Waals surface area contributed by atoms with Crippen LogP contribution in [0.15, 0.2) is 46.0 Å². The normalized spacial score (nSPS) is 10.8. The van der Waals surface area contributed by atoms with E-state index >= 15 is 0 Å². The van der Waals surface area contributed by atoms with Gasteiger partial charge in [0.2, 0.25) is 11.8 Å². The first-order valence-corrected chi connectivity index (χ1v) is 10.3. The van der Waals surface area contributed by atoms with Gasteiger partial charge in [-0.15, -0.1) is 0 Å². The molecule has 0 saturated heterocycles. The van der Waals surface area contributed by atoms with Gasteiger partial charge < -0.3 is 10.1 Å². The molecule has 154 valence electrons. The molecular weight excluding hydrogens is 434 g/mol. The number of rotatable bonds is 9. The van der Waals surface area contributed by atoms with Gasteiger partial charge in [0.05, 0.1) is 17.3 Å². The van der Waals surface area contributed by atoms with E-state index in [1.54, 1.807) is 0 Å². The van der Waals surface area contributed by atoms with Crippen molar-refractivity contribution < 1.29 is 14.3 Å². The molecule has 6 nitrogen and oxygen atoms in total. The van der Waals surface area contributed by atoms with Gasteiger partial charge in [-0.2, -0.15) is 5.10 Å². The zero-order valence-electron chi connectivity index (χ0n) is 16.9. The van der Waals surface area contributed by atoms with Crippen molar-refractivity contribution in [3.8, 4) is 5.75 Å². The fourth-order valence-corrected chi connectivity index (χ4v) is 3.06. The Morgan fingerprint density at radius 2 is 1.93 bits per heavy atom. The molecule has 29 heavy (non-hydrogen) atoms. The number of carbonyl (C=O) groups is 2. The maximum atomic E-state index is 12.0. The number of nitrogens with zero attached hydrogens (tertiary/aromatic N) is 1. The molecule has 0 unspecified atom stereocenters. The highest BCUT2D eigenvalue weighted by Crippen LogP contribution is 2.25. The van der Waals surface area contributed by atoms with Gasteiger partial charge >= 0.3 is 0 Å². The van der Waals surface area contributed by atoms with Crippen LogP contribution in [0.4, 0.5) is 5.69 Å². The highest BCUT2D eigenvalue weighted by molar-refractivity contribution is 9.10. The Morgan fingerprint density at radius 3 is 2.62 bits per heavy atom. The van der Waals surface area contributed by atoms with Crippen molar-refractivity contribution in [1.29, 1.82) is 0 Å².